The topological polar surface area (TPSA) is 105 Å². The monoisotopic (exact) mass is 292 g/mol. The van der Waals surface area contributed by atoms with Gasteiger partial charge < -0.3 is 15.8 Å². The number of hydrogen-bond donors (Lipinski definition) is 2. The largest absolute Gasteiger partial charge is 0.409 e. The Balaban J connectivity index is 2.49. The fourth-order valence-corrected chi connectivity index (χ4v) is 2.77. The number of non-ortho nitro benzene ring substituents is 1. The molecule has 2 unspecified atom stereocenters. The van der Waals surface area contributed by atoms with Gasteiger partial charge >= 0.3 is 0 Å². The molecular weight excluding hydrogens is 272 g/mol. The lowest BCUT2D eigenvalue weighted by Gasteiger charge is -2.39. The molecular formula is C14H20N4O3. The summed E-state index contributed by atoms with van der Waals surface area (Å²) in [6.07, 6.45) is 2.21. The van der Waals surface area contributed by atoms with E-state index in [1.807, 2.05) is 0 Å². The third kappa shape index (κ3) is 3.07. The molecule has 114 valence electrons. The Morgan fingerprint density at radius 3 is 2.81 bits per heavy atom. The quantitative estimate of drug-likeness (QED) is 0.292. The summed E-state index contributed by atoms with van der Waals surface area (Å²) in [5, 5.41) is 22.9. The van der Waals surface area contributed by atoms with E-state index in [1.54, 1.807) is 6.07 Å². The number of piperidine rings is 1. The molecule has 2 atom stereocenters. The first kappa shape index (κ1) is 15.1. The highest BCUT2D eigenvalue weighted by atomic mass is 16.6. The van der Waals surface area contributed by atoms with E-state index in [0.29, 0.717) is 17.5 Å². The van der Waals surface area contributed by atoms with Crippen LogP contribution in [0.1, 0.15) is 32.3 Å². The lowest BCUT2D eigenvalue weighted by molar-refractivity contribution is -0.384. The molecule has 7 nitrogen and oxygen atoms in total. The van der Waals surface area contributed by atoms with Gasteiger partial charge in [0.1, 0.15) is 0 Å². The molecule has 0 saturated carbocycles. The predicted octanol–water partition coefficient (Wildman–Crippen LogP) is 2.31. The Labute approximate surface area is 123 Å². The van der Waals surface area contributed by atoms with E-state index >= 15 is 0 Å². The van der Waals surface area contributed by atoms with Crippen LogP contribution in [0.3, 0.4) is 0 Å². The van der Waals surface area contributed by atoms with Crippen LogP contribution in [0.4, 0.5) is 11.4 Å². The number of anilines is 1. The normalized spacial score (nSPS) is 23.1. The molecule has 0 bridgehead atoms. The van der Waals surface area contributed by atoms with Gasteiger partial charge in [0, 0.05) is 30.4 Å². The Bertz CT molecular complexity index is 573. The molecule has 2 rings (SSSR count). The second-order valence-corrected chi connectivity index (χ2v) is 5.63. The van der Waals surface area contributed by atoms with E-state index in [0.717, 1.165) is 25.1 Å². The zero-order valence-electron chi connectivity index (χ0n) is 12.2. The number of rotatable bonds is 3. The van der Waals surface area contributed by atoms with Crippen LogP contribution in [0.5, 0.6) is 0 Å². The molecule has 1 aliphatic rings. The lowest BCUT2D eigenvalue weighted by atomic mass is 9.93. The van der Waals surface area contributed by atoms with Crippen LogP contribution in [-0.4, -0.2) is 28.6 Å². The minimum absolute atomic E-state index is 0.0712. The Morgan fingerprint density at radius 2 is 2.19 bits per heavy atom. The summed E-state index contributed by atoms with van der Waals surface area (Å²) in [6, 6.07) is 4.80. The third-order valence-electron chi connectivity index (χ3n) is 4.00. The number of oxime groups is 1. The van der Waals surface area contributed by atoms with Crippen LogP contribution in [0, 0.1) is 16.0 Å². The first-order valence-electron chi connectivity index (χ1n) is 6.97. The molecule has 1 saturated heterocycles. The van der Waals surface area contributed by atoms with Gasteiger partial charge in [0.05, 0.1) is 10.5 Å². The van der Waals surface area contributed by atoms with Crippen molar-refractivity contribution in [2.24, 2.45) is 16.8 Å². The van der Waals surface area contributed by atoms with Gasteiger partial charge in [-0.25, -0.2) is 0 Å². The molecule has 1 aromatic carbocycles. The highest BCUT2D eigenvalue weighted by Gasteiger charge is 2.26. The van der Waals surface area contributed by atoms with Crippen LogP contribution >= 0.6 is 0 Å². The summed E-state index contributed by atoms with van der Waals surface area (Å²) in [5.41, 5.74) is 6.80. The van der Waals surface area contributed by atoms with Crippen molar-refractivity contribution in [3.05, 3.63) is 33.9 Å². The van der Waals surface area contributed by atoms with E-state index in [1.165, 1.54) is 12.1 Å². The van der Waals surface area contributed by atoms with Crippen LogP contribution in [0.25, 0.3) is 0 Å². The summed E-state index contributed by atoms with van der Waals surface area (Å²) in [7, 11) is 0. The standard InChI is InChI=1S/C14H20N4O3/c1-9-3-4-10(2)17(8-9)13-6-5-11(18(20)21)7-12(13)14(15)16-19/h5-7,9-10,19H,3-4,8H2,1-2H3,(H2,15,16). The Kier molecular flexibility index (Phi) is 4.30. The minimum atomic E-state index is -0.486. The van der Waals surface area contributed by atoms with Crippen LogP contribution in [-0.2, 0) is 0 Å². The smallest absolute Gasteiger partial charge is 0.270 e. The molecule has 1 heterocycles. The van der Waals surface area contributed by atoms with Gasteiger partial charge in [-0.15, -0.1) is 0 Å². The van der Waals surface area contributed by atoms with Gasteiger partial charge in [0.25, 0.3) is 5.69 Å². The van der Waals surface area contributed by atoms with Gasteiger partial charge in [-0.1, -0.05) is 12.1 Å². The highest BCUT2D eigenvalue weighted by Crippen LogP contribution is 2.32. The van der Waals surface area contributed by atoms with Gasteiger partial charge in [0.15, 0.2) is 5.84 Å². The highest BCUT2D eigenvalue weighted by molar-refractivity contribution is 6.02. The van der Waals surface area contributed by atoms with Crippen molar-refractivity contribution in [3.8, 4) is 0 Å². The van der Waals surface area contributed by atoms with E-state index in [4.69, 9.17) is 10.9 Å². The van der Waals surface area contributed by atoms with E-state index in [-0.39, 0.29) is 11.5 Å². The van der Waals surface area contributed by atoms with Crippen molar-refractivity contribution in [1.82, 2.24) is 0 Å². The van der Waals surface area contributed by atoms with Crippen molar-refractivity contribution in [3.63, 3.8) is 0 Å². The minimum Gasteiger partial charge on any atom is -0.409 e. The first-order valence-corrected chi connectivity index (χ1v) is 6.97. The fraction of sp³-hybridized carbons (Fsp3) is 0.500. The zero-order valence-corrected chi connectivity index (χ0v) is 12.2. The van der Waals surface area contributed by atoms with Crippen LogP contribution in [0.2, 0.25) is 0 Å². The van der Waals surface area contributed by atoms with Gasteiger partial charge in [-0.05, 0) is 31.7 Å². The lowest BCUT2D eigenvalue weighted by Crippen LogP contribution is -2.42. The van der Waals surface area contributed by atoms with Crippen molar-refractivity contribution < 1.29 is 10.1 Å². The van der Waals surface area contributed by atoms with Gasteiger partial charge in [0.2, 0.25) is 0 Å². The molecule has 3 N–H and O–H groups in total. The van der Waals surface area contributed by atoms with Crippen molar-refractivity contribution >= 4 is 17.2 Å². The Hall–Kier alpha value is -2.31. The fourth-order valence-electron chi connectivity index (χ4n) is 2.77. The van der Waals surface area contributed by atoms with Crippen LogP contribution in [0.15, 0.2) is 23.4 Å². The number of nitrogens with two attached hydrogens (primary N) is 1. The summed E-state index contributed by atoms with van der Waals surface area (Å²) in [6.45, 7) is 5.14. The zero-order chi connectivity index (χ0) is 15.6. The summed E-state index contributed by atoms with van der Waals surface area (Å²) >= 11 is 0. The summed E-state index contributed by atoms with van der Waals surface area (Å²) in [4.78, 5) is 12.6. The SMILES string of the molecule is CC1CCC(C)N(c2ccc([N+](=O)[O-])cc2C(N)=NO)C1. The maximum absolute atomic E-state index is 10.9. The van der Waals surface area contributed by atoms with Crippen molar-refractivity contribution in [2.45, 2.75) is 32.7 Å². The molecule has 1 fully saturated rings. The second kappa shape index (κ2) is 5.99. The van der Waals surface area contributed by atoms with Crippen molar-refractivity contribution in [2.75, 3.05) is 11.4 Å². The molecule has 0 radical (unpaired) electrons. The van der Waals surface area contributed by atoms with Gasteiger partial charge in [-0.2, -0.15) is 0 Å². The van der Waals surface area contributed by atoms with E-state index < -0.39 is 4.92 Å². The first-order chi connectivity index (χ1) is 9.93. The number of nitro benzene ring substituents is 1. The van der Waals surface area contributed by atoms with E-state index in [9.17, 15) is 10.1 Å². The molecule has 1 aliphatic heterocycles. The average Bonchev–Trinajstić information content (AvgIpc) is 2.48. The van der Waals surface area contributed by atoms with E-state index in [2.05, 4.69) is 23.9 Å². The number of nitrogens with zero attached hydrogens (tertiary/aromatic N) is 3. The van der Waals surface area contributed by atoms with Gasteiger partial charge in [-0.3, -0.25) is 10.1 Å². The predicted molar refractivity (Wildman–Crippen MR) is 80.8 cm³/mol. The number of benzene rings is 1. The number of nitro groups is 1. The third-order valence-corrected chi connectivity index (χ3v) is 4.00. The van der Waals surface area contributed by atoms with Crippen molar-refractivity contribution in [1.29, 1.82) is 0 Å². The summed E-state index contributed by atoms with van der Waals surface area (Å²) < 4.78 is 0. The molecule has 1 aromatic rings. The molecule has 21 heavy (non-hydrogen) atoms. The molecule has 0 spiro atoms. The maximum atomic E-state index is 10.9. The molecule has 7 heteroatoms. The number of amidine groups is 1. The molecule has 0 aromatic heterocycles. The molecule has 0 amide bonds. The number of hydrogen-bond acceptors (Lipinski definition) is 5. The van der Waals surface area contributed by atoms with Crippen LogP contribution < -0.4 is 10.6 Å². The average molecular weight is 292 g/mol. The summed E-state index contributed by atoms with van der Waals surface area (Å²) in [5.74, 6) is 0.427. The molecule has 0 aliphatic carbocycles. The maximum Gasteiger partial charge on any atom is 0.270 e. The Morgan fingerprint density at radius 1 is 1.48 bits per heavy atom. The second-order valence-electron chi connectivity index (χ2n) is 5.63.